The molecule has 0 aliphatic heterocycles. The average molecular weight is 401 g/mol. The molecule has 0 saturated carbocycles. The molecule has 0 radical (unpaired) electrons. The first-order valence-corrected chi connectivity index (χ1v) is 9.62. The molecule has 0 unspecified atom stereocenters. The molecule has 0 saturated heterocycles. The van der Waals surface area contributed by atoms with Gasteiger partial charge in [0.25, 0.3) is 5.91 Å². The first-order valence-electron chi connectivity index (χ1n) is 9.62. The third-order valence-electron chi connectivity index (χ3n) is 5.00. The number of pyridine rings is 1. The van der Waals surface area contributed by atoms with Crippen molar-refractivity contribution in [3.63, 3.8) is 0 Å². The second-order valence-electron chi connectivity index (χ2n) is 7.82. The maximum atomic E-state index is 12.5. The summed E-state index contributed by atoms with van der Waals surface area (Å²) in [6.45, 7) is 6.35. The minimum absolute atomic E-state index is 0.194. The van der Waals surface area contributed by atoms with Gasteiger partial charge in [0.1, 0.15) is 17.8 Å². The standard InChI is InChI=1S/C22H23N7O/c1-14-6-8-15(9-7-14)18-17-19(23)26-13-27-20(17)29(28-18)22(2,3)12-25-21(30)16-5-4-10-24-11-16/h4-11,13H,12H2,1-3H3,(H,25,30)(H2,23,26,27). The number of hydrogen-bond acceptors (Lipinski definition) is 6. The number of amides is 1. The van der Waals surface area contributed by atoms with Crippen LogP contribution in [0.3, 0.4) is 0 Å². The zero-order chi connectivity index (χ0) is 21.3. The minimum atomic E-state index is -0.570. The Morgan fingerprint density at radius 2 is 1.93 bits per heavy atom. The Morgan fingerprint density at radius 1 is 1.17 bits per heavy atom. The normalized spacial score (nSPS) is 11.6. The molecular formula is C22H23N7O. The van der Waals surface area contributed by atoms with Gasteiger partial charge < -0.3 is 11.1 Å². The minimum Gasteiger partial charge on any atom is -0.383 e. The summed E-state index contributed by atoms with van der Waals surface area (Å²) in [5, 5.41) is 8.50. The summed E-state index contributed by atoms with van der Waals surface area (Å²) in [4.78, 5) is 25.1. The Hall–Kier alpha value is -3.81. The van der Waals surface area contributed by atoms with Crippen molar-refractivity contribution < 1.29 is 4.79 Å². The lowest BCUT2D eigenvalue weighted by Crippen LogP contribution is -2.41. The number of rotatable bonds is 5. The molecule has 152 valence electrons. The molecule has 0 atom stereocenters. The Bertz CT molecular complexity index is 1200. The van der Waals surface area contributed by atoms with Gasteiger partial charge in [-0.3, -0.25) is 9.78 Å². The van der Waals surface area contributed by atoms with E-state index in [1.165, 1.54) is 12.5 Å². The highest BCUT2D eigenvalue weighted by atomic mass is 16.1. The molecule has 8 nitrogen and oxygen atoms in total. The van der Waals surface area contributed by atoms with Crippen molar-refractivity contribution in [3.05, 3.63) is 66.2 Å². The summed E-state index contributed by atoms with van der Waals surface area (Å²) >= 11 is 0. The van der Waals surface area contributed by atoms with Crippen molar-refractivity contribution in [2.24, 2.45) is 0 Å². The Morgan fingerprint density at radius 3 is 2.63 bits per heavy atom. The van der Waals surface area contributed by atoms with E-state index in [1.54, 1.807) is 23.0 Å². The molecule has 30 heavy (non-hydrogen) atoms. The first-order chi connectivity index (χ1) is 14.4. The monoisotopic (exact) mass is 401 g/mol. The molecule has 0 aliphatic rings. The first kappa shape index (κ1) is 19.5. The third kappa shape index (κ3) is 3.59. The molecule has 4 rings (SSSR count). The Kier molecular flexibility index (Phi) is 4.91. The van der Waals surface area contributed by atoms with Crippen LogP contribution in [0.15, 0.2) is 55.1 Å². The van der Waals surface area contributed by atoms with Gasteiger partial charge in [-0.1, -0.05) is 29.8 Å². The number of carbonyl (C=O) groups is 1. The summed E-state index contributed by atoms with van der Waals surface area (Å²) in [5.74, 6) is 0.178. The molecule has 3 N–H and O–H groups in total. The molecule has 0 spiro atoms. The number of nitrogens with one attached hydrogen (secondary N) is 1. The molecule has 1 aromatic carbocycles. The van der Waals surface area contributed by atoms with Gasteiger partial charge in [-0.05, 0) is 32.9 Å². The number of benzene rings is 1. The number of anilines is 1. The lowest BCUT2D eigenvalue weighted by molar-refractivity contribution is 0.0936. The van der Waals surface area contributed by atoms with Crippen LogP contribution in [0.2, 0.25) is 0 Å². The predicted octanol–water partition coefficient (Wildman–Crippen LogP) is 2.94. The van der Waals surface area contributed by atoms with Gasteiger partial charge in [-0.15, -0.1) is 0 Å². The average Bonchev–Trinajstić information content (AvgIpc) is 3.15. The molecule has 3 aromatic heterocycles. The SMILES string of the molecule is Cc1ccc(-c2nn(C(C)(C)CNC(=O)c3cccnc3)c3ncnc(N)c23)cc1. The molecule has 4 aromatic rings. The number of fused-ring (bicyclic) bond motifs is 1. The van der Waals surface area contributed by atoms with E-state index in [1.807, 2.05) is 45.0 Å². The van der Waals surface area contributed by atoms with E-state index in [0.717, 1.165) is 16.8 Å². The van der Waals surface area contributed by atoms with E-state index in [-0.39, 0.29) is 5.91 Å². The molecule has 0 bridgehead atoms. The van der Waals surface area contributed by atoms with Crippen molar-refractivity contribution in [2.75, 3.05) is 12.3 Å². The third-order valence-corrected chi connectivity index (χ3v) is 5.00. The summed E-state index contributed by atoms with van der Waals surface area (Å²) in [6.07, 6.45) is 4.60. The van der Waals surface area contributed by atoms with E-state index >= 15 is 0 Å². The van der Waals surface area contributed by atoms with Crippen LogP contribution in [0.4, 0.5) is 5.82 Å². The van der Waals surface area contributed by atoms with Crippen LogP contribution < -0.4 is 11.1 Å². The summed E-state index contributed by atoms with van der Waals surface area (Å²) in [5.41, 5.74) is 9.56. The summed E-state index contributed by atoms with van der Waals surface area (Å²) in [6, 6.07) is 11.5. The second kappa shape index (κ2) is 7.55. The molecule has 1 amide bonds. The number of nitrogens with two attached hydrogens (primary N) is 1. The molecule has 0 fully saturated rings. The molecule has 8 heteroatoms. The van der Waals surface area contributed by atoms with Gasteiger partial charge in [0.15, 0.2) is 5.65 Å². The van der Waals surface area contributed by atoms with Gasteiger partial charge in [-0.25, -0.2) is 14.6 Å². The number of aromatic nitrogens is 5. The van der Waals surface area contributed by atoms with Crippen LogP contribution in [0.25, 0.3) is 22.3 Å². The van der Waals surface area contributed by atoms with Gasteiger partial charge in [0.2, 0.25) is 0 Å². The maximum Gasteiger partial charge on any atom is 0.252 e. The van der Waals surface area contributed by atoms with Crippen LogP contribution >= 0.6 is 0 Å². The zero-order valence-electron chi connectivity index (χ0n) is 17.1. The molecular weight excluding hydrogens is 378 g/mol. The predicted molar refractivity (Wildman–Crippen MR) is 116 cm³/mol. The van der Waals surface area contributed by atoms with E-state index in [2.05, 4.69) is 20.3 Å². The van der Waals surface area contributed by atoms with Crippen molar-refractivity contribution in [2.45, 2.75) is 26.3 Å². The van der Waals surface area contributed by atoms with Crippen molar-refractivity contribution in [3.8, 4) is 11.3 Å². The van der Waals surface area contributed by atoms with Crippen LogP contribution in [0, 0.1) is 6.92 Å². The van der Waals surface area contributed by atoms with Gasteiger partial charge >= 0.3 is 0 Å². The van der Waals surface area contributed by atoms with Gasteiger partial charge in [-0.2, -0.15) is 5.10 Å². The largest absolute Gasteiger partial charge is 0.383 e. The van der Waals surface area contributed by atoms with E-state index < -0.39 is 5.54 Å². The van der Waals surface area contributed by atoms with Crippen LogP contribution in [0.5, 0.6) is 0 Å². The number of hydrogen-bond donors (Lipinski definition) is 2. The van der Waals surface area contributed by atoms with E-state index in [4.69, 9.17) is 10.8 Å². The maximum absolute atomic E-state index is 12.5. The lowest BCUT2D eigenvalue weighted by Gasteiger charge is -2.26. The summed E-state index contributed by atoms with van der Waals surface area (Å²) in [7, 11) is 0. The fraction of sp³-hybridized carbons (Fsp3) is 0.227. The van der Waals surface area contributed by atoms with Gasteiger partial charge in [0.05, 0.1) is 16.5 Å². The van der Waals surface area contributed by atoms with Crippen LogP contribution in [-0.4, -0.2) is 37.2 Å². The number of carbonyl (C=O) groups excluding carboxylic acids is 1. The number of nitrogens with zero attached hydrogens (tertiary/aromatic N) is 5. The van der Waals surface area contributed by atoms with E-state index in [9.17, 15) is 4.79 Å². The summed E-state index contributed by atoms with van der Waals surface area (Å²) < 4.78 is 1.80. The molecule has 0 aliphatic carbocycles. The lowest BCUT2D eigenvalue weighted by atomic mass is 10.1. The highest BCUT2D eigenvalue weighted by Crippen LogP contribution is 2.32. The Balaban J connectivity index is 1.72. The highest BCUT2D eigenvalue weighted by molar-refractivity contribution is 5.98. The second-order valence-corrected chi connectivity index (χ2v) is 7.82. The number of nitrogen functional groups attached to an aromatic ring is 1. The van der Waals surface area contributed by atoms with E-state index in [0.29, 0.717) is 29.0 Å². The highest BCUT2D eigenvalue weighted by Gasteiger charge is 2.28. The van der Waals surface area contributed by atoms with Crippen molar-refractivity contribution in [1.82, 2.24) is 30.0 Å². The number of aryl methyl sites for hydroxylation is 1. The topological polar surface area (TPSA) is 112 Å². The molecule has 3 heterocycles. The zero-order valence-corrected chi connectivity index (χ0v) is 17.1. The fourth-order valence-electron chi connectivity index (χ4n) is 3.28. The fourth-order valence-corrected chi connectivity index (χ4v) is 3.28. The quantitative estimate of drug-likeness (QED) is 0.532. The Labute approximate surface area is 174 Å². The smallest absolute Gasteiger partial charge is 0.252 e. The van der Waals surface area contributed by atoms with Crippen LogP contribution in [-0.2, 0) is 5.54 Å². The van der Waals surface area contributed by atoms with Gasteiger partial charge in [0, 0.05) is 24.5 Å². The van der Waals surface area contributed by atoms with Crippen molar-refractivity contribution >= 4 is 22.8 Å². The van der Waals surface area contributed by atoms with Crippen molar-refractivity contribution in [1.29, 1.82) is 0 Å². The van der Waals surface area contributed by atoms with Crippen LogP contribution in [0.1, 0.15) is 29.8 Å².